The highest BCUT2D eigenvalue weighted by Gasteiger charge is 2.61. The molecule has 7 heteroatoms. The van der Waals surface area contributed by atoms with Crippen molar-refractivity contribution < 1.29 is 33.5 Å². The van der Waals surface area contributed by atoms with E-state index in [2.05, 4.69) is 36.4 Å². The fourth-order valence-electron chi connectivity index (χ4n) is 7.53. The Balaban J connectivity index is 1.22. The van der Waals surface area contributed by atoms with Gasteiger partial charge in [0.15, 0.2) is 0 Å². The average molecular weight is 709 g/mol. The second-order valence-electron chi connectivity index (χ2n) is 13.6. The summed E-state index contributed by atoms with van der Waals surface area (Å²) in [4.78, 5) is 0. The van der Waals surface area contributed by atoms with Crippen molar-refractivity contribution in [1.82, 2.24) is 0 Å². The number of ether oxygens (including phenoxy) is 6. The van der Waals surface area contributed by atoms with E-state index in [1.807, 2.05) is 115 Å². The third-order valence-electron chi connectivity index (χ3n) is 10.2. The van der Waals surface area contributed by atoms with Gasteiger partial charge in [-0.05, 0) is 44.2 Å². The number of hydrogen-bond donors (Lipinski definition) is 1. The summed E-state index contributed by atoms with van der Waals surface area (Å²) < 4.78 is 41.5. The van der Waals surface area contributed by atoms with Gasteiger partial charge in [0.05, 0.1) is 46.2 Å². The van der Waals surface area contributed by atoms with E-state index in [0.29, 0.717) is 33.0 Å². The molecule has 1 saturated heterocycles. The van der Waals surface area contributed by atoms with Gasteiger partial charge in [-0.1, -0.05) is 152 Å². The van der Waals surface area contributed by atoms with Gasteiger partial charge in [0, 0.05) is 5.56 Å². The van der Waals surface area contributed by atoms with Crippen molar-refractivity contribution in [3.8, 4) is 0 Å². The minimum atomic E-state index is -1.34. The second-order valence-corrected chi connectivity index (χ2v) is 13.6. The van der Waals surface area contributed by atoms with Crippen LogP contribution in [0.5, 0.6) is 0 Å². The zero-order valence-electron chi connectivity index (χ0n) is 29.6. The van der Waals surface area contributed by atoms with Crippen molar-refractivity contribution in [2.24, 2.45) is 0 Å². The van der Waals surface area contributed by atoms with Gasteiger partial charge in [-0.3, -0.25) is 0 Å². The van der Waals surface area contributed by atoms with E-state index in [0.717, 1.165) is 49.7 Å². The molecule has 2 aliphatic rings. The lowest BCUT2D eigenvalue weighted by molar-refractivity contribution is -0.387. The summed E-state index contributed by atoms with van der Waals surface area (Å²) >= 11 is 0. The largest absolute Gasteiger partial charge is 0.392 e. The maximum absolute atomic E-state index is 10.2. The summed E-state index contributed by atoms with van der Waals surface area (Å²) in [5, 5.41) is 12.2. The molecule has 6 aromatic carbocycles. The monoisotopic (exact) mass is 708 g/mol. The smallest absolute Gasteiger partial charge is 0.226 e. The van der Waals surface area contributed by atoms with Crippen molar-refractivity contribution in [3.05, 3.63) is 191 Å². The van der Waals surface area contributed by atoms with Crippen LogP contribution in [-0.4, -0.2) is 36.1 Å². The zero-order valence-corrected chi connectivity index (χ0v) is 29.6. The van der Waals surface area contributed by atoms with E-state index >= 15 is 0 Å². The van der Waals surface area contributed by atoms with Crippen molar-refractivity contribution >= 4 is 10.8 Å². The highest BCUT2D eigenvalue weighted by atomic mass is 16.7. The fraction of sp³-hybridized carbons (Fsp3) is 0.261. The molecular weight excluding hydrogens is 664 g/mol. The van der Waals surface area contributed by atoms with Gasteiger partial charge < -0.3 is 33.5 Å². The molecule has 53 heavy (non-hydrogen) atoms. The first-order valence-electron chi connectivity index (χ1n) is 18.3. The van der Waals surface area contributed by atoms with Crippen molar-refractivity contribution in [2.45, 2.75) is 69.8 Å². The first kappa shape index (κ1) is 35.3. The lowest BCUT2D eigenvalue weighted by Crippen LogP contribution is -2.65. The standard InChI is InChI=1S/C46H44O7/c47-26-37-22-13-23-39-38(37)24-25-41-40(39)31-52-46(41)45(51-30-36-20-11-4-12-21-36)44(50-29-35-18-9-3-10-19-35)43(49-28-34-16-7-2-8-17-34)42(53-46)32-48-27-33-14-5-1-6-15-33/h1-25,42-45,47H,26-32H2/t42-,43-,44+,45-,46+/m1/s1. The van der Waals surface area contributed by atoms with Crippen molar-refractivity contribution in [1.29, 1.82) is 0 Å². The quantitative estimate of drug-likeness (QED) is 0.122. The Morgan fingerprint density at radius 3 is 1.68 bits per heavy atom. The molecule has 1 spiro atoms. The Kier molecular flexibility index (Phi) is 11.0. The molecule has 7 nitrogen and oxygen atoms in total. The van der Waals surface area contributed by atoms with Crippen LogP contribution in [-0.2, 0) is 73.8 Å². The van der Waals surface area contributed by atoms with E-state index in [9.17, 15) is 5.11 Å². The summed E-state index contributed by atoms with van der Waals surface area (Å²) in [5.41, 5.74) is 6.89. The van der Waals surface area contributed by atoms with E-state index in [1.54, 1.807) is 0 Å². The molecule has 0 bridgehead atoms. The highest BCUT2D eigenvalue weighted by molar-refractivity contribution is 5.90. The molecule has 5 atom stereocenters. The molecule has 0 aromatic heterocycles. The maximum Gasteiger partial charge on any atom is 0.226 e. The number of benzene rings is 6. The third kappa shape index (κ3) is 7.70. The molecule has 8 rings (SSSR count). The third-order valence-corrected chi connectivity index (χ3v) is 10.2. The summed E-state index contributed by atoms with van der Waals surface area (Å²) in [6.07, 6.45) is -2.55. The number of rotatable bonds is 14. The van der Waals surface area contributed by atoms with E-state index in [-0.39, 0.29) is 13.2 Å². The number of aliphatic hydroxyl groups excluding tert-OH is 1. The van der Waals surface area contributed by atoms with E-state index in [4.69, 9.17) is 28.4 Å². The summed E-state index contributed by atoms with van der Waals surface area (Å²) in [7, 11) is 0. The molecule has 2 heterocycles. The Morgan fingerprint density at radius 2 is 1.09 bits per heavy atom. The van der Waals surface area contributed by atoms with E-state index < -0.39 is 30.2 Å². The van der Waals surface area contributed by atoms with Gasteiger partial charge in [-0.2, -0.15) is 0 Å². The van der Waals surface area contributed by atoms with Gasteiger partial charge in [-0.25, -0.2) is 0 Å². The minimum Gasteiger partial charge on any atom is -0.392 e. The SMILES string of the molecule is OCc1cccc2c3c(ccc12)[C@]1(OC3)O[C@H](COCc2ccccc2)[C@@H](OCc2ccccc2)[C@H](OCc2ccccc2)[C@H]1OCc1ccccc1. The molecule has 1 N–H and O–H groups in total. The molecule has 0 unspecified atom stereocenters. The maximum atomic E-state index is 10.2. The molecule has 0 radical (unpaired) electrons. The lowest BCUT2D eigenvalue weighted by Gasteiger charge is -2.51. The van der Waals surface area contributed by atoms with Crippen LogP contribution in [0.3, 0.4) is 0 Å². The minimum absolute atomic E-state index is 0.0574. The molecule has 6 aromatic rings. The van der Waals surface area contributed by atoms with Gasteiger partial charge >= 0.3 is 0 Å². The van der Waals surface area contributed by atoms with Gasteiger partial charge in [-0.15, -0.1) is 0 Å². The summed E-state index contributed by atoms with van der Waals surface area (Å²) in [5.74, 6) is -1.34. The summed E-state index contributed by atoms with van der Waals surface area (Å²) in [6.45, 7) is 1.87. The first-order valence-corrected chi connectivity index (χ1v) is 18.3. The molecular formula is C46H44O7. The molecule has 0 amide bonds. The van der Waals surface area contributed by atoms with Crippen LogP contribution in [0.15, 0.2) is 152 Å². The molecule has 0 saturated carbocycles. The Hall–Kier alpha value is -4.70. The Bertz CT molecular complexity index is 2060. The van der Waals surface area contributed by atoms with Crippen LogP contribution in [0.25, 0.3) is 10.8 Å². The van der Waals surface area contributed by atoms with Gasteiger partial charge in [0.2, 0.25) is 5.79 Å². The predicted molar refractivity (Wildman–Crippen MR) is 202 cm³/mol. The van der Waals surface area contributed by atoms with Crippen LogP contribution in [0.2, 0.25) is 0 Å². The van der Waals surface area contributed by atoms with E-state index in [1.165, 1.54) is 0 Å². The normalized spacial score (nSPS) is 22.3. The van der Waals surface area contributed by atoms with Crippen LogP contribution in [0.4, 0.5) is 0 Å². The highest BCUT2D eigenvalue weighted by Crippen LogP contribution is 2.50. The van der Waals surface area contributed by atoms with Crippen LogP contribution in [0, 0.1) is 0 Å². The predicted octanol–water partition coefficient (Wildman–Crippen LogP) is 8.39. The van der Waals surface area contributed by atoms with Crippen LogP contribution >= 0.6 is 0 Å². The number of hydrogen-bond acceptors (Lipinski definition) is 7. The second kappa shape index (κ2) is 16.5. The number of fused-ring (bicyclic) bond motifs is 4. The van der Waals surface area contributed by atoms with Gasteiger partial charge in [0.25, 0.3) is 0 Å². The molecule has 1 fully saturated rings. The average Bonchev–Trinajstić information content (AvgIpc) is 3.59. The first-order chi connectivity index (χ1) is 26.2. The summed E-state index contributed by atoms with van der Waals surface area (Å²) in [6, 6.07) is 50.6. The Labute approximate surface area is 310 Å². The molecule has 0 aliphatic carbocycles. The Morgan fingerprint density at radius 1 is 0.547 bits per heavy atom. The number of aliphatic hydroxyl groups is 1. The zero-order chi connectivity index (χ0) is 35.9. The van der Waals surface area contributed by atoms with Crippen LogP contribution in [0.1, 0.15) is 38.9 Å². The van der Waals surface area contributed by atoms with Crippen molar-refractivity contribution in [3.63, 3.8) is 0 Å². The van der Waals surface area contributed by atoms with Crippen molar-refractivity contribution in [2.75, 3.05) is 6.61 Å². The van der Waals surface area contributed by atoms with Crippen LogP contribution < -0.4 is 0 Å². The molecule has 270 valence electrons. The fourth-order valence-corrected chi connectivity index (χ4v) is 7.53. The molecule has 2 aliphatic heterocycles. The lowest BCUT2D eigenvalue weighted by atomic mass is 9.85. The van der Waals surface area contributed by atoms with Gasteiger partial charge in [0.1, 0.15) is 24.4 Å². The topological polar surface area (TPSA) is 75.6 Å².